The van der Waals surface area contributed by atoms with Gasteiger partial charge in [0.05, 0.1) is 26.6 Å². The van der Waals surface area contributed by atoms with Crippen molar-refractivity contribution >= 4 is 23.1 Å². The van der Waals surface area contributed by atoms with Crippen molar-refractivity contribution in [2.45, 2.75) is 13.2 Å². The number of aromatic nitrogens is 2. The highest BCUT2D eigenvalue weighted by Gasteiger charge is 2.23. The summed E-state index contributed by atoms with van der Waals surface area (Å²) in [6, 6.07) is 4.16. The van der Waals surface area contributed by atoms with E-state index in [9.17, 15) is 4.79 Å². The van der Waals surface area contributed by atoms with Gasteiger partial charge in [-0.25, -0.2) is 9.48 Å². The van der Waals surface area contributed by atoms with E-state index in [0.29, 0.717) is 18.9 Å². The fraction of sp³-hybridized carbons (Fsp3) is 0.333. The summed E-state index contributed by atoms with van der Waals surface area (Å²) in [5.74, 6) is 0.370. The van der Waals surface area contributed by atoms with Crippen molar-refractivity contribution in [2.24, 2.45) is 0 Å². The highest BCUT2D eigenvalue weighted by molar-refractivity contribution is 7.09. The number of nitrogens with zero attached hydrogens (tertiary/aromatic N) is 3. The minimum absolute atomic E-state index is 0.361. The molecule has 0 amide bonds. The second-order valence-electron chi connectivity index (χ2n) is 4.28. The highest BCUT2D eigenvalue weighted by atomic mass is 32.1. The second-order valence-corrected chi connectivity index (χ2v) is 5.31. The molecule has 1 aliphatic rings. The van der Waals surface area contributed by atoms with Crippen LogP contribution in [0.5, 0.6) is 0 Å². The zero-order chi connectivity index (χ0) is 13.2. The van der Waals surface area contributed by atoms with Crippen molar-refractivity contribution in [3.63, 3.8) is 0 Å². The molecule has 3 rings (SSSR count). The zero-order valence-corrected chi connectivity index (χ0v) is 11.3. The van der Waals surface area contributed by atoms with Gasteiger partial charge in [-0.05, 0) is 11.4 Å². The van der Waals surface area contributed by atoms with Crippen molar-refractivity contribution in [3.8, 4) is 0 Å². The third kappa shape index (κ3) is 2.34. The van der Waals surface area contributed by atoms with Gasteiger partial charge in [0.15, 0.2) is 0 Å². The van der Waals surface area contributed by atoms with E-state index < -0.39 is 0 Å². The number of carbonyl (C=O) groups excluding carboxylic acids is 1. The number of esters is 1. The second kappa shape index (κ2) is 5.02. The van der Waals surface area contributed by atoms with Gasteiger partial charge in [-0.15, -0.1) is 11.3 Å². The Labute approximate surface area is 114 Å². The monoisotopic (exact) mass is 278 g/mol. The lowest BCUT2D eigenvalue weighted by Gasteiger charge is -2.28. The molecular formula is C12H14N4O2S. The number of hydrogen-bond acceptors (Lipinski definition) is 6. The first-order valence-corrected chi connectivity index (χ1v) is 6.78. The predicted octanol–water partition coefficient (Wildman–Crippen LogP) is 1.57. The first-order valence-electron chi connectivity index (χ1n) is 5.90. The molecule has 0 saturated heterocycles. The number of anilines is 1. The number of hydrogen-bond donors (Lipinski definition) is 1. The summed E-state index contributed by atoms with van der Waals surface area (Å²) < 4.78 is 6.51. The van der Waals surface area contributed by atoms with Gasteiger partial charge >= 0.3 is 5.97 Å². The van der Waals surface area contributed by atoms with Crippen LogP contribution in [-0.4, -0.2) is 34.4 Å². The Bertz CT molecular complexity index is 579. The minimum Gasteiger partial charge on any atom is -0.465 e. The lowest BCUT2D eigenvalue weighted by molar-refractivity contribution is 0.0601. The third-order valence-corrected chi connectivity index (χ3v) is 3.87. The Morgan fingerprint density at radius 2 is 2.53 bits per heavy atom. The molecule has 0 atom stereocenters. The number of rotatable bonds is 3. The highest BCUT2D eigenvalue weighted by Crippen LogP contribution is 2.22. The lowest BCUT2D eigenvalue weighted by Crippen LogP contribution is -2.37. The van der Waals surface area contributed by atoms with Gasteiger partial charge in [0.1, 0.15) is 11.4 Å². The molecule has 0 unspecified atom stereocenters. The first kappa shape index (κ1) is 12.2. The molecule has 2 aromatic heterocycles. The maximum Gasteiger partial charge on any atom is 0.343 e. The number of fused-ring (bicyclic) bond motifs is 1. The maximum absolute atomic E-state index is 11.6. The summed E-state index contributed by atoms with van der Waals surface area (Å²) in [5.41, 5.74) is 0.485. The summed E-state index contributed by atoms with van der Waals surface area (Å²) in [7, 11) is 1.37. The molecule has 7 heteroatoms. The molecule has 0 bridgehead atoms. The molecule has 6 nitrogen and oxygen atoms in total. The summed E-state index contributed by atoms with van der Waals surface area (Å²) >= 11 is 1.74. The molecular weight excluding hydrogens is 264 g/mol. The molecule has 100 valence electrons. The van der Waals surface area contributed by atoms with Gasteiger partial charge in [-0.1, -0.05) is 6.07 Å². The normalized spacial score (nSPS) is 14.8. The molecule has 0 fully saturated rings. The molecule has 2 aromatic rings. The number of thiophene rings is 1. The van der Waals surface area contributed by atoms with E-state index in [1.807, 2.05) is 6.07 Å². The molecule has 0 radical (unpaired) electrons. The Balaban J connectivity index is 1.74. The smallest absolute Gasteiger partial charge is 0.343 e. The molecule has 0 spiro atoms. The van der Waals surface area contributed by atoms with Crippen LogP contribution in [0.1, 0.15) is 15.2 Å². The minimum atomic E-state index is -0.361. The van der Waals surface area contributed by atoms with Crippen LogP contribution >= 0.6 is 11.3 Å². The van der Waals surface area contributed by atoms with Crippen LogP contribution in [0.25, 0.3) is 0 Å². The summed E-state index contributed by atoms with van der Waals surface area (Å²) in [4.78, 5) is 15.1. The Hall–Kier alpha value is -1.86. The van der Waals surface area contributed by atoms with Crippen LogP contribution in [0.3, 0.4) is 0 Å². The topological polar surface area (TPSA) is 59.4 Å². The van der Waals surface area contributed by atoms with Crippen LogP contribution in [-0.2, 0) is 18.0 Å². The van der Waals surface area contributed by atoms with E-state index in [1.165, 1.54) is 12.0 Å². The maximum atomic E-state index is 11.6. The first-order chi connectivity index (χ1) is 9.28. The molecule has 1 aliphatic heterocycles. The number of nitrogens with one attached hydrogen (secondary N) is 1. The summed E-state index contributed by atoms with van der Waals surface area (Å²) in [6.45, 7) is 2.22. The molecule has 1 N–H and O–H groups in total. The lowest BCUT2D eigenvalue weighted by atomic mass is 10.3. The third-order valence-electron chi connectivity index (χ3n) is 3.01. The van der Waals surface area contributed by atoms with Gasteiger partial charge in [-0.3, -0.25) is 4.90 Å². The van der Waals surface area contributed by atoms with Crippen LogP contribution in [0.2, 0.25) is 0 Å². The van der Waals surface area contributed by atoms with E-state index in [-0.39, 0.29) is 5.97 Å². The van der Waals surface area contributed by atoms with Gasteiger partial charge in [0.25, 0.3) is 0 Å². The van der Waals surface area contributed by atoms with E-state index in [0.717, 1.165) is 12.4 Å². The van der Waals surface area contributed by atoms with Crippen molar-refractivity contribution in [1.29, 1.82) is 0 Å². The fourth-order valence-corrected chi connectivity index (χ4v) is 2.84. The van der Waals surface area contributed by atoms with Gasteiger partial charge in [-0.2, -0.15) is 5.10 Å². The van der Waals surface area contributed by atoms with E-state index >= 15 is 0 Å². The summed E-state index contributed by atoms with van der Waals surface area (Å²) in [6.07, 6.45) is 1.54. The number of ether oxygens (including phenoxy) is 1. The summed E-state index contributed by atoms with van der Waals surface area (Å²) in [5, 5.41) is 9.51. The standard InChI is InChI=1S/C12H14N4O2S/c1-18-12(17)10-5-14-16-8-15(7-13-11(10)16)6-9-3-2-4-19-9/h2-5,13H,6-8H2,1H3. The van der Waals surface area contributed by atoms with Crippen molar-refractivity contribution < 1.29 is 9.53 Å². The Morgan fingerprint density at radius 1 is 1.63 bits per heavy atom. The number of carbonyl (C=O) groups is 1. The Kier molecular flexibility index (Phi) is 3.22. The van der Waals surface area contributed by atoms with Crippen molar-refractivity contribution in [2.75, 3.05) is 19.1 Å². The molecule has 0 saturated carbocycles. The molecule has 0 aliphatic carbocycles. The van der Waals surface area contributed by atoms with Crippen molar-refractivity contribution in [1.82, 2.24) is 14.7 Å². The van der Waals surface area contributed by atoms with E-state index in [4.69, 9.17) is 4.74 Å². The van der Waals surface area contributed by atoms with E-state index in [1.54, 1.807) is 22.2 Å². The molecule has 3 heterocycles. The van der Waals surface area contributed by atoms with E-state index in [2.05, 4.69) is 26.8 Å². The predicted molar refractivity (Wildman–Crippen MR) is 71.9 cm³/mol. The average molecular weight is 278 g/mol. The van der Waals surface area contributed by atoms with Gasteiger partial charge < -0.3 is 10.1 Å². The number of methoxy groups -OCH3 is 1. The SMILES string of the molecule is COC(=O)c1cnn2c1NCN(Cc1cccs1)C2. The quantitative estimate of drug-likeness (QED) is 0.864. The van der Waals surface area contributed by atoms with Crippen LogP contribution in [0.4, 0.5) is 5.82 Å². The van der Waals surface area contributed by atoms with Crippen LogP contribution in [0.15, 0.2) is 23.7 Å². The van der Waals surface area contributed by atoms with Crippen LogP contribution in [0, 0.1) is 0 Å². The average Bonchev–Trinajstić information content (AvgIpc) is 3.06. The van der Waals surface area contributed by atoms with Crippen LogP contribution < -0.4 is 5.32 Å². The van der Waals surface area contributed by atoms with Gasteiger partial charge in [0.2, 0.25) is 0 Å². The Morgan fingerprint density at radius 3 is 3.26 bits per heavy atom. The fourth-order valence-electron chi connectivity index (χ4n) is 2.09. The molecule has 0 aromatic carbocycles. The molecule has 19 heavy (non-hydrogen) atoms. The largest absolute Gasteiger partial charge is 0.465 e. The zero-order valence-electron chi connectivity index (χ0n) is 10.5. The van der Waals surface area contributed by atoms with Crippen molar-refractivity contribution in [3.05, 3.63) is 34.2 Å². The van der Waals surface area contributed by atoms with Gasteiger partial charge in [0, 0.05) is 11.4 Å².